The summed E-state index contributed by atoms with van der Waals surface area (Å²) in [5.41, 5.74) is 6.90. The second-order valence-corrected chi connectivity index (χ2v) is 5.81. The molecule has 20 heavy (non-hydrogen) atoms. The molecule has 0 bridgehead atoms. The first-order valence-electron chi connectivity index (χ1n) is 7.03. The highest BCUT2D eigenvalue weighted by Gasteiger charge is 2.25. The average molecular weight is 296 g/mol. The van der Waals surface area contributed by atoms with Crippen LogP contribution in [0.15, 0.2) is 24.3 Å². The fourth-order valence-corrected chi connectivity index (χ4v) is 2.70. The van der Waals surface area contributed by atoms with E-state index in [2.05, 4.69) is 24.0 Å². The van der Waals surface area contributed by atoms with E-state index in [0.717, 1.165) is 31.2 Å². The Morgan fingerprint density at radius 2 is 1.70 bits per heavy atom. The van der Waals surface area contributed by atoms with E-state index < -0.39 is 6.04 Å². The Hall–Kier alpha value is -1.10. The van der Waals surface area contributed by atoms with Crippen LogP contribution in [0.5, 0.6) is 0 Å². The zero-order valence-corrected chi connectivity index (χ0v) is 12.8. The van der Waals surface area contributed by atoms with Gasteiger partial charge in [0.25, 0.3) is 0 Å². The predicted octanol–water partition coefficient (Wildman–Crippen LogP) is 1.89. The lowest BCUT2D eigenvalue weighted by molar-refractivity contribution is -0.134. The minimum absolute atomic E-state index is 0.0452. The van der Waals surface area contributed by atoms with E-state index in [4.69, 9.17) is 17.3 Å². The SMILES string of the molecule is CC(c1ccc(Cl)cc1)N1CCN(C(=O)[C@@H](C)N)CC1. The fraction of sp³-hybridized carbons (Fsp3) is 0.533. The molecule has 0 spiro atoms. The van der Waals surface area contributed by atoms with Gasteiger partial charge in [0.2, 0.25) is 5.91 Å². The molecule has 1 aliphatic heterocycles. The Kier molecular flexibility index (Phi) is 5.02. The van der Waals surface area contributed by atoms with Crippen LogP contribution in [0.25, 0.3) is 0 Å². The minimum atomic E-state index is -0.407. The van der Waals surface area contributed by atoms with Gasteiger partial charge in [-0.3, -0.25) is 9.69 Å². The van der Waals surface area contributed by atoms with Gasteiger partial charge in [0.05, 0.1) is 6.04 Å². The summed E-state index contributed by atoms with van der Waals surface area (Å²) in [7, 11) is 0. The van der Waals surface area contributed by atoms with Gasteiger partial charge in [0.15, 0.2) is 0 Å². The van der Waals surface area contributed by atoms with Crippen LogP contribution in [0.4, 0.5) is 0 Å². The second kappa shape index (κ2) is 6.57. The van der Waals surface area contributed by atoms with Crippen molar-refractivity contribution in [2.45, 2.75) is 25.9 Å². The number of piperazine rings is 1. The fourth-order valence-electron chi connectivity index (χ4n) is 2.57. The molecule has 5 heteroatoms. The highest BCUT2D eigenvalue weighted by Crippen LogP contribution is 2.23. The minimum Gasteiger partial charge on any atom is -0.339 e. The Morgan fingerprint density at radius 3 is 2.20 bits per heavy atom. The summed E-state index contributed by atoms with van der Waals surface area (Å²) < 4.78 is 0. The lowest BCUT2D eigenvalue weighted by Gasteiger charge is -2.38. The Bertz CT molecular complexity index is 453. The molecule has 110 valence electrons. The molecule has 2 rings (SSSR count). The molecule has 4 nitrogen and oxygen atoms in total. The molecule has 1 aromatic rings. The monoisotopic (exact) mass is 295 g/mol. The zero-order valence-electron chi connectivity index (χ0n) is 12.1. The summed E-state index contributed by atoms with van der Waals surface area (Å²) in [6.45, 7) is 7.18. The van der Waals surface area contributed by atoms with Crippen LogP contribution in [0, 0.1) is 0 Å². The molecule has 2 atom stereocenters. The maximum atomic E-state index is 11.8. The van der Waals surface area contributed by atoms with Gasteiger partial charge in [-0.1, -0.05) is 23.7 Å². The van der Waals surface area contributed by atoms with E-state index >= 15 is 0 Å². The zero-order chi connectivity index (χ0) is 14.7. The Morgan fingerprint density at radius 1 is 1.15 bits per heavy atom. The van der Waals surface area contributed by atoms with E-state index in [1.807, 2.05) is 17.0 Å². The number of nitrogens with zero attached hydrogens (tertiary/aromatic N) is 2. The molecule has 1 amide bonds. The Balaban J connectivity index is 1.93. The summed E-state index contributed by atoms with van der Waals surface area (Å²) in [6.07, 6.45) is 0. The first kappa shape index (κ1) is 15.3. The number of hydrogen-bond donors (Lipinski definition) is 1. The van der Waals surface area contributed by atoms with Crippen molar-refractivity contribution in [3.63, 3.8) is 0 Å². The van der Waals surface area contributed by atoms with Gasteiger partial charge < -0.3 is 10.6 Å². The first-order valence-corrected chi connectivity index (χ1v) is 7.40. The van der Waals surface area contributed by atoms with Crippen LogP contribution in [0.3, 0.4) is 0 Å². The molecule has 1 heterocycles. The molecule has 1 unspecified atom stereocenters. The molecular formula is C15H22ClN3O. The lowest BCUT2D eigenvalue weighted by atomic mass is 10.1. The van der Waals surface area contributed by atoms with Gasteiger partial charge in [0, 0.05) is 37.2 Å². The maximum absolute atomic E-state index is 11.8. The van der Waals surface area contributed by atoms with Gasteiger partial charge in [-0.15, -0.1) is 0 Å². The van der Waals surface area contributed by atoms with Gasteiger partial charge in [-0.2, -0.15) is 0 Å². The topological polar surface area (TPSA) is 49.6 Å². The lowest BCUT2D eigenvalue weighted by Crippen LogP contribution is -2.52. The van der Waals surface area contributed by atoms with Gasteiger partial charge in [0.1, 0.15) is 0 Å². The molecule has 2 N–H and O–H groups in total. The number of halogens is 1. The number of benzene rings is 1. The largest absolute Gasteiger partial charge is 0.339 e. The van der Waals surface area contributed by atoms with E-state index in [1.165, 1.54) is 5.56 Å². The molecule has 1 saturated heterocycles. The molecule has 0 saturated carbocycles. The smallest absolute Gasteiger partial charge is 0.239 e. The van der Waals surface area contributed by atoms with E-state index in [0.29, 0.717) is 6.04 Å². The molecule has 0 radical (unpaired) electrons. The molecule has 1 fully saturated rings. The van der Waals surface area contributed by atoms with Crippen molar-refractivity contribution in [3.8, 4) is 0 Å². The van der Waals surface area contributed by atoms with Crippen LogP contribution in [0.2, 0.25) is 5.02 Å². The van der Waals surface area contributed by atoms with E-state index in [9.17, 15) is 4.79 Å². The van der Waals surface area contributed by atoms with Gasteiger partial charge in [-0.05, 0) is 31.5 Å². The summed E-state index contributed by atoms with van der Waals surface area (Å²) in [4.78, 5) is 16.1. The number of carbonyl (C=O) groups is 1. The Labute approximate surface area is 125 Å². The summed E-state index contributed by atoms with van der Waals surface area (Å²) in [5.74, 6) is 0.0452. The third-order valence-electron chi connectivity index (χ3n) is 3.92. The average Bonchev–Trinajstić information content (AvgIpc) is 2.46. The van der Waals surface area contributed by atoms with Crippen molar-refractivity contribution in [1.82, 2.24) is 9.80 Å². The van der Waals surface area contributed by atoms with Crippen molar-refractivity contribution in [2.75, 3.05) is 26.2 Å². The number of hydrogen-bond acceptors (Lipinski definition) is 3. The number of carbonyl (C=O) groups excluding carboxylic acids is 1. The molecule has 0 aliphatic carbocycles. The second-order valence-electron chi connectivity index (χ2n) is 5.38. The highest BCUT2D eigenvalue weighted by molar-refractivity contribution is 6.30. The van der Waals surface area contributed by atoms with Crippen molar-refractivity contribution in [1.29, 1.82) is 0 Å². The standard InChI is InChI=1S/C15H22ClN3O/c1-11(17)15(20)19-9-7-18(8-10-19)12(2)13-3-5-14(16)6-4-13/h3-6,11-12H,7-10,17H2,1-2H3/t11-,12?/m1/s1. The van der Waals surface area contributed by atoms with Gasteiger partial charge >= 0.3 is 0 Å². The molecule has 0 aromatic heterocycles. The number of amides is 1. The number of nitrogens with two attached hydrogens (primary N) is 1. The van der Waals surface area contributed by atoms with Crippen LogP contribution in [-0.4, -0.2) is 47.9 Å². The third-order valence-corrected chi connectivity index (χ3v) is 4.17. The van der Waals surface area contributed by atoms with E-state index in [-0.39, 0.29) is 5.91 Å². The summed E-state index contributed by atoms with van der Waals surface area (Å²) in [5, 5.41) is 0.758. The highest BCUT2D eigenvalue weighted by atomic mass is 35.5. The van der Waals surface area contributed by atoms with Crippen molar-refractivity contribution >= 4 is 17.5 Å². The van der Waals surface area contributed by atoms with Crippen LogP contribution < -0.4 is 5.73 Å². The molecule has 1 aliphatic rings. The quantitative estimate of drug-likeness (QED) is 0.926. The maximum Gasteiger partial charge on any atom is 0.239 e. The van der Waals surface area contributed by atoms with Gasteiger partial charge in [-0.25, -0.2) is 0 Å². The van der Waals surface area contributed by atoms with Crippen LogP contribution in [0.1, 0.15) is 25.5 Å². The molecule has 1 aromatic carbocycles. The van der Waals surface area contributed by atoms with Crippen molar-refractivity contribution < 1.29 is 4.79 Å². The van der Waals surface area contributed by atoms with Crippen LogP contribution >= 0.6 is 11.6 Å². The van der Waals surface area contributed by atoms with Crippen LogP contribution in [-0.2, 0) is 4.79 Å². The predicted molar refractivity (Wildman–Crippen MR) is 81.7 cm³/mol. The van der Waals surface area contributed by atoms with Crippen molar-refractivity contribution in [3.05, 3.63) is 34.9 Å². The normalized spacial score (nSPS) is 19.7. The third kappa shape index (κ3) is 3.51. The van der Waals surface area contributed by atoms with E-state index in [1.54, 1.807) is 6.92 Å². The summed E-state index contributed by atoms with van der Waals surface area (Å²) >= 11 is 5.92. The van der Waals surface area contributed by atoms with Crippen molar-refractivity contribution in [2.24, 2.45) is 5.73 Å². The summed E-state index contributed by atoms with van der Waals surface area (Å²) in [6, 6.07) is 7.89. The molecular weight excluding hydrogens is 274 g/mol. The first-order chi connectivity index (χ1) is 9.49. The number of rotatable bonds is 3.